The number of rotatable bonds is 5. The average molecular weight is 338 g/mol. The molecule has 0 heterocycles. The lowest BCUT2D eigenvalue weighted by Gasteiger charge is -2.37. The third kappa shape index (κ3) is 3.96. The first kappa shape index (κ1) is 18.2. The maximum atomic E-state index is 12.0. The summed E-state index contributed by atoms with van der Waals surface area (Å²) in [5.41, 5.74) is 4.24. The summed E-state index contributed by atoms with van der Waals surface area (Å²) in [6, 6.07) is 17.3. The van der Waals surface area contributed by atoms with E-state index >= 15 is 0 Å². The van der Waals surface area contributed by atoms with Crippen LogP contribution in [0.4, 0.5) is 0 Å². The molecule has 0 radical (unpaired) electrons. The summed E-state index contributed by atoms with van der Waals surface area (Å²) in [7, 11) is 4.20. The van der Waals surface area contributed by atoms with E-state index in [0.29, 0.717) is 0 Å². The summed E-state index contributed by atoms with van der Waals surface area (Å²) in [5, 5.41) is 12.0. The molecule has 0 saturated carbocycles. The predicted molar refractivity (Wildman–Crippen MR) is 105 cm³/mol. The van der Waals surface area contributed by atoms with Gasteiger partial charge in [0.2, 0.25) is 0 Å². The molecule has 0 unspecified atom stereocenters. The first-order valence-corrected chi connectivity index (χ1v) is 9.53. The second-order valence-electron chi connectivity index (χ2n) is 7.84. The van der Waals surface area contributed by atoms with Crippen molar-refractivity contribution < 1.29 is 5.11 Å². The second kappa shape index (κ2) is 7.72. The molecule has 1 N–H and O–H groups in total. The molecule has 2 aromatic carbocycles. The van der Waals surface area contributed by atoms with Crippen molar-refractivity contribution >= 4 is 0 Å². The minimum absolute atomic E-state index is 0.166. The summed E-state index contributed by atoms with van der Waals surface area (Å²) in [6.45, 7) is 3.13. The highest BCUT2D eigenvalue weighted by molar-refractivity contribution is 5.39. The molecule has 2 nitrogen and oxygen atoms in total. The summed E-state index contributed by atoms with van der Waals surface area (Å²) in [4.78, 5) is 2.20. The van der Waals surface area contributed by atoms with Crippen LogP contribution >= 0.6 is 0 Å². The van der Waals surface area contributed by atoms with Gasteiger partial charge in [0.05, 0.1) is 5.60 Å². The van der Waals surface area contributed by atoms with E-state index in [0.717, 1.165) is 44.2 Å². The van der Waals surface area contributed by atoms with Crippen LogP contribution in [0, 0.1) is 6.92 Å². The van der Waals surface area contributed by atoms with Crippen molar-refractivity contribution in [1.29, 1.82) is 0 Å². The lowest BCUT2D eigenvalue weighted by Crippen LogP contribution is -2.34. The van der Waals surface area contributed by atoms with Gasteiger partial charge in [0.15, 0.2) is 0 Å². The van der Waals surface area contributed by atoms with Gasteiger partial charge in [-0.1, -0.05) is 54.1 Å². The molecule has 134 valence electrons. The fourth-order valence-corrected chi connectivity index (χ4v) is 4.30. The van der Waals surface area contributed by atoms with Gasteiger partial charge in [-0.15, -0.1) is 0 Å². The van der Waals surface area contributed by atoms with Gasteiger partial charge in [-0.05, 0) is 76.4 Å². The molecule has 1 aliphatic rings. The Labute approximate surface area is 152 Å². The second-order valence-corrected chi connectivity index (χ2v) is 7.84. The Hall–Kier alpha value is -1.64. The van der Waals surface area contributed by atoms with Gasteiger partial charge in [-0.3, -0.25) is 0 Å². The fourth-order valence-electron chi connectivity index (χ4n) is 4.30. The standard InChI is InChI=1S/C23H31NO/c1-18-12-14-20(15-13-18)22-11-6-9-19-8-4-5-10-21(19)23(22,25)16-7-17-24(2)3/h4-5,8,10,12-15,22,25H,6-7,9,11,16-17H2,1-3H3/t22-,23-/m0/s1. The van der Waals surface area contributed by atoms with Crippen LogP contribution in [0.3, 0.4) is 0 Å². The van der Waals surface area contributed by atoms with E-state index in [2.05, 4.69) is 74.4 Å². The molecule has 3 rings (SSSR count). The first-order valence-electron chi connectivity index (χ1n) is 9.53. The molecule has 0 amide bonds. The van der Waals surface area contributed by atoms with Gasteiger partial charge in [0, 0.05) is 5.92 Å². The lowest BCUT2D eigenvalue weighted by molar-refractivity contribution is -0.00605. The molecule has 0 bridgehead atoms. The lowest BCUT2D eigenvalue weighted by atomic mass is 9.73. The maximum Gasteiger partial charge on any atom is 0.0967 e. The molecule has 2 heteroatoms. The van der Waals surface area contributed by atoms with Crippen molar-refractivity contribution in [3.05, 3.63) is 70.8 Å². The highest BCUT2D eigenvalue weighted by Gasteiger charge is 2.41. The van der Waals surface area contributed by atoms with Gasteiger partial charge in [0.1, 0.15) is 0 Å². The van der Waals surface area contributed by atoms with E-state index in [-0.39, 0.29) is 5.92 Å². The van der Waals surface area contributed by atoms with E-state index in [4.69, 9.17) is 0 Å². The zero-order valence-electron chi connectivity index (χ0n) is 15.8. The third-order valence-electron chi connectivity index (χ3n) is 5.64. The Morgan fingerprint density at radius 1 is 1.08 bits per heavy atom. The van der Waals surface area contributed by atoms with Crippen LogP contribution in [0.15, 0.2) is 48.5 Å². The Kier molecular flexibility index (Phi) is 5.61. The SMILES string of the molecule is Cc1ccc([C@@H]2CCCc3ccccc3[C@@]2(O)CCCN(C)C)cc1. The average Bonchev–Trinajstić information content (AvgIpc) is 2.73. The zero-order valence-corrected chi connectivity index (χ0v) is 15.8. The minimum Gasteiger partial charge on any atom is -0.385 e. The number of aliphatic hydroxyl groups is 1. The molecule has 1 aliphatic carbocycles. The van der Waals surface area contributed by atoms with Gasteiger partial charge in [-0.2, -0.15) is 0 Å². The number of aryl methyl sites for hydroxylation is 2. The van der Waals surface area contributed by atoms with E-state index < -0.39 is 5.60 Å². The van der Waals surface area contributed by atoms with Crippen molar-refractivity contribution in [3.8, 4) is 0 Å². The van der Waals surface area contributed by atoms with Crippen molar-refractivity contribution in [2.24, 2.45) is 0 Å². The number of benzene rings is 2. The van der Waals surface area contributed by atoms with Crippen molar-refractivity contribution in [1.82, 2.24) is 4.90 Å². The quantitative estimate of drug-likeness (QED) is 0.803. The highest BCUT2D eigenvalue weighted by atomic mass is 16.3. The monoisotopic (exact) mass is 337 g/mol. The van der Waals surface area contributed by atoms with Crippen LogP contribution in [-0.4, -0.2) is 30.6 Å². The molecular weight excluding hydrogens is 306 g/mol. The largest absolute Gasteiger partial charge is 0.385 e. The van der Waals surface area contributed by atoms with E-state index in [1.54, 1.807) is 0 Å². The van der Waals surface area contributed by atoms with Crippen molar-refractivity contribution in [2.75, 3.05) is 20.6 Å². The van der Waals surface area contributed by atoms with E-state index in [1.807, 2.05) is 0 Å². The smallest absolute Gasteiger partial charge is 0.0967 e. The molecule has 0 spiro atoms. The van der Waals surface area contributed by atoms with E-state index in [1.165, 1.54) is 16.7 Å². The summed E-state index contributed by atoms with van der Waals surface area (Å²) in [6.07, 6.45) is 5.04. The molecule has 2 aromatic rings. The summed E-state index contributed by atoms with van der Waals surface area (Å²) in [5.74, 6) is 0.166. The molecule has 0 fully saturated rings. The normalized spacial score (nSPS) is 23.3. The number of nitrogens with zero attached hydrogens (tertiary/aromatic N) is 1. The predicted octanol–water partition coefficient (Wildman–Crippen LogP) is 4.64. The number of fused-ring (bicyclic) bond motifs is 1. The van der Waals surface area contributed by atoms with Gasteiger partial charge in [0.25, 0.3) is 0 Å². The van der Waals surface area contributed by atoms with Gasteiger partial charge < -0.3 is 10.0 Å². The fraction of sp³-hybridized carbons (Fsp3) is 0.478. The number of hydrogen-bond donors (Lipinski definition) is 1. The minimum atomic E-state index is -0.779. The summed E-state index contributed by atoms with van der Waals surface area (Å²) >= 11 is 0. The highest BCUT2D eigenvalue weighted by Crippen LogP contribution is 2.47. The van der Waals surface area contributed by atoms with Gasteiger partial charge in [-0.25, -0.2) is 0 Å². The van der Waals surface area contributed by atoms with Crippen LogP contribution in [0.2, 0.25) is 0 Å². The third-order valence-corrected chi connectivity index (χ3v) is 5.64. The Morgan fingerprint density at radius 2 is 1.80 bits per heavy atom. The molecule has 0 aromatic heterocycles. The molecule has 0 aliphatic heterocycles. The molecule has 0 saturated heterocycles. The van der Waals surface area contributed by atoms with Crippen molar-refractivity contribution in [2.45, 2.75) is 50.5 Å². The van der Waals surface area contributed by atoms with Crippen LogP contribution < -0.4 is 0 Å². The van der Waals surface area contributed by atoms with Crippen LogP contribution in [-0.2, 0) is 12.0 Å². The Bertz CT molecular complexity index is 691. The molecule has 25 heavy (non-hydrogen) atoms. The summed E-state index contributed by atoms with van der Waals surface area (Å²) < 4.78 is 0. The Balaban J connectivity index is 2.00. The molecule has 2 atom stereocenters. The topological polar surface area (TPSA) is 23.5 Å². The number of hydrogen-bond acceptors (Lipinski definition) is 2. The first-order chi connectivity index (χ1) is 12.0. The maximum absolute atomic E-state index is 12.0. The Morgan fingerprint density at radius 3 is 2.52 bits per heavy atom. The molecular formula is C23H31NO. The van der Waals surface area contributed by atoms with Crippen LogP contribution in [0.1, 0.15) is 53.9 Å². The van der Waals surface area contributed by atoms with Gasteiger partial charge >= 0.3 is 0 Å². The zero-order chi connectivity index (χ0) is 17.9. The van der Waals surface area contributed by atoms with Crippen LogP contribution in [0.25, 0.3) is 0 Å². The van der Waals surface area contributed by atoms with Crippen molar-refractivity contribution in [3.63, 3.8) is 0 Å². The van der Waals surface area contributed by atoms with E-state index in [9.17, 15) is 5.11 Å². The van der Waals surface area contributed by atoms with Crippen LogP contribution in [0.5, 0.6) is 0 Å².